The fraction of sp³-hybridized carbons (Fsp3) is 0.211. The molecule has 0 saturated carbocycles. The predicted molar refractivity (Wildman–Crippen MR) is 98.6 cm³/mol. The van der Waals surface area contributed by atoms with E-state index in [1.165, 1.54) is 17.0 Å². The molecule has 2 aliphatic rings. The number of hydrogen-bond donors (Lipinski definition) is 1. The molecule has 4 heterocycles. The summed E-state index contributed by atoms with van der Waals surface area (Å²) in [7, 11) is 0. The monoisotopic (exact) mass is 400 g/mol. The van der Waals surface area contributed by atoms with Crippen LogP contribution in [-0.2, 0) is 19.3 Å². The molecule has 0 atom stereocenters. The quantitative estimate of drug-likeness (QED) is 0.718. The molecule has 148 valence electrons. The zero-order chi connectivity index (χ0) is 20.2. The summed E-state index contributed by atoms with van der Waals surface area (Å²) >= 11 is 0. The van der Waals surface area contributed by atoms with E-state index in [1.807, 2.05) is 17.0 Å². The molecular formula is C19H15F3N6O. The van der Waals surface area contributed by atoms with Gasteiger partial charge in [0.25, 0.3) is 5.91 Å². The zero-order valence-electron chi connectivity index (χ0n) is 15.0. The number of nitrogens with one attached hydrogen (secondary N) is 1. The van der Waals surface area contributed by atoms with Gasteiger partial charge in [-0.1, -0.05) is 0 Å². The molecule has 3 aromatic rings. The molecule has 10 heteroatoms. The SMILES string of the molecule is O=C1c2c(C3=Cn4ccnc4CN3)cnn2CCN1c1ccc(C(F)(F)F)cc1. The molecule has 0 fully saturated rings. The number of hydrogen-bond acceptors (Lipinski definition) is 4. The number of anilines is 1. The van der Waals surface area contributed by atoms with E-state index in [0.29, 0.717) is 36.6 Å². The molecule has 2 aliphatic heterocycles. The summed E-state index contributed by atoms with van der Waals surface area (Å²) in [5, 5.41) is 7.56. The Hall–Kier alpha value is -3.56. The Morgan fingerprint density at radius 2 is 1.90 bits per heavy atom. The molecule has 1 N–H and O–H groups in total. The summed E-state index contributed by atoms with van der Waals surface area (Å²) in [5.74, 6) is 0.551. The lowest BCUT2D eigenvalue weighted by Crippen LogP contribution is -2.41. The first-order valence-electron chi connectivity index (χ1n) is 8.94. The van der Waals surface area contributed by atoms with Crippen molar-refractivity contribution in [3.8, 4) is 0 Å². The number of rotatable bonds is 2. The van der Waals surface area contributed by atoms with Crippen molar-refractivity contribution in [3.63, 3.8) is 0 Å². The third-order valence-corrected chi connectivity index (χ3v) is 5.07. The number of aromatic nitrogens is 4. The Morgan fingerprint density at radius 1 is 1.10 bits per heavy atom. The molecule has 0 bridgehead atoms. The van der Waals surface area contributed by atoms with Crippen molar-refractivity contribution in [1.29, 1.82) is 0 Å². The molecule has 0 aliphatic carbocycles. The fourth-order valence-electron chi connectivity index (χ4n) is 3.60. The largest absolute Gasteiger partial charge is 0.416 e. The van der Waals surface area contributed by atoms with Crippen LogP contribution in [0.4, 0.5) is 18.9 Å². The summed E-state index contributed by atoms with van der Waals surface area (Å²) in [6.07, 6.45) is 2.57. The Kier molecular flexibility index (Phi) is 3.76. The first-order valence-corrected chi connectivity index (χ1v) is 8.94. The molecule has 1 amide bonds. The average molecular weight is 400 g/mol. The normalized spacial score (nSPS) is 16.2. The highest BCUT2D eigenvalue weighted by Gasteiger charge is 2.33. The molecule has 2 aromatic heterocycles. The van der Waals surface area contributed by atoms with Crippen molar-refractivity contribution in [2.45, 2.75) is 19.3 Å². The first kappa shape index (κ1) is 17.5. The Bertz CT molecular complexity index is 1130. The van der Waals surface area contributed by atoms with Gasteiger partial charge >= 0.3 is 6.18 Å². The average Bonchev–Trinajstić information content (AvgIpc) is 3.34. The zero-order valence-corrected chi connectivity index (χ0v) is 15.0. The summed E-state index contributed by atoms with van der Waals surface area (Å²) in [5.41, 5.74) is 1.46. The van der Waals surface area contributed by atoms with Crippen LogP contribution < -0.4 is 10.2 Å². The van der Waals surface area contributed by atoms with Crippen molar-refractivity contribution >= 4 is 23.5 Å². The number of imidazole rings is 1. The minimum absolute atomic E-state index is 0.303. The minimum Gasteiger partial charge on any atom is -0.376 e. The summed E-state index contributed by atoms with van der Waals surface area (Å²) in [6.45, 7) is 1.29. The van der Waals surface area contributed by atoms with Crippen LogP contribution >= 0.6 is 0 Å². The Balaban J connectivity index is 1.49. The molecular weight excluding hydrogens is 385 g/mol. The third kappa shape index (κ3) is 2.87. The smallest absolute Gasteiger partial charge is 0.376 e. The highest BCUT2D eigenvalue weighted by atomic mass is 19.4. The number of alkyl halides is 3. The van der Waals surface area contributed by atoms with E-state index in [-0.39, 0.29) is 5.91 Å². The Labute approximate surface area is 163 Å². The maximum atomic E-state index is 13.2. The van der Waals surface area contributed by atoms with Gasteiger partial charge in [-0.05, 0) is 24.3 Å². The maximum absolute atomic E-state index is 13.2. The maximum Gasteiger partial charge on any atom is 0.416 e. The summed E-state index contributed by atoms with van der Waals surface area (Å²) in [6, 6.07) is 4.62. The van der Waals surface area contributed by atoms with Gasteiger partial charge in [0.15, 0.2) is 0 Å². The standard InChI is InChI=1S/C19H15F3N6O/c20-19(21,22)12-1-3-13(4-2-12)27-7-8-28-17(18(27)29)14(9-25-28)15-11-26-6-5-23-16(26)10-24-15/h1-6,9,11,24H,7-8,10H2. The predicted octanol–water partition coefficient (Wildman–Crippen LogP) is 2.82. The third-order valence-electron chi connectivity index (χ3n) is 5.07. The lowest BCUT2D eigenvalue weighted by atomic mass is 10.1. The molecule has 29 heavy (non-hydrogen) atoms. The van der Waals surface area contributed by atoms with Crippen molar-refractivity contribution in [2.24, 2.45) is 0 Å². The van der Waals surface area contributed by atoms with Gasteiger partial charge < -0.3 is 14.8 Å². The van der Waals surface area contributed by atoms with Crippen LogP contribution in [0.25, 0.3) is 11.9 Å². The second-order valence-electron chi connectivity index (χ2n) is 6.78. The second-order valence-corrected chi connectivity index (χ2v) is 6.78. The van der Waals surface area contributed by atoms with E-state index >= 15 is 0 Å². The second kappa shape index (κ2) is 6.23. The highest BCUT2D eigenvalue weighted by Crippen LogP contribution is 2.32. The first-order chi connectivity index (χ1) is 13.9. The van der Waals surface area contributed by atoms with E-state index < -0.39 is 11.7 Å². The molecule has 0 saturated heterocycles. The van der Waals surface area contributed by atoms with Crippen LogP contribution in [0.1, 0.15) is 27.4 Å². The molecule has 1 aromatic carbocycles. The lowest BCUT2D eigenvalue weighted by Gasteiger charge is -2.29. The van der Waals surface area contributed by atoms with Gasteiger partial charge in [-0.25, -0.2) is 4.98 Å². The number of halogens is 3. The highest BCUT2D eigenvalue weighted by molar-refractivity contribution is 6.08. The molecule has 0 radical (unpaired) electrons. The topological polar surface area (TPSA) is 68.0 Å². The van der Waals surface area contributed by atoms with E-state index in [1.54, 1.807) is 17.1 Å². The number of amides is 1. The summed E-state index contributed by atoms with van der Waals surface area (Å²) in [4.78, 5) is 18.9. The van der Waals surface area contributed by atoms with Gasteiger partial charge in [-0.15, -0.1) is 0 Å². The van der Waals surface area contributed by atoms with E-state index in [2.05, 4.69) is 15.4 Å². The van der Waals surface area contributed by atoms with Crippen molar-refractivity contribution in [2.75, 3.05) is 11.4 Å². The van der Waals surface area contributed by atoms with Gasteiger partial charge in [-0.3, -0.25) is 9.48 Å². The van der Waals surface area contributed by atoms with Crippen LogP contribution in [-0.4, -0.2) is 31.8 Å². The number of carbonyl (C=O) groups excluding carboxylic acids is 1. The van der Waals surface area contributed by atoms with Crippen molar-refractivity contribution in [1.82, 2.24) is 24.6 Å². The van der Waals surface area contributed by atoms with Crippen LogP contribution in [0.15, 0.2) is 42.9 Å². The van der Waals surface area contributed by atoms with Crippen LogP contribution in [0.2, 0.25) is 0 Å². The number of carbonyl (C=O) groups is 1. The number of benzene rings is 1. The van der Waals surface area contributed by atoms with Gasteiger partial charge in [0.2, 0.25) is 0 Å². The van der Waals surface area contributed by atoms with Gasteiger partial charge in [0.05, 0.1) is 36.1 Å². The lowest BCUT2D eigenvalue weighted by molar-refractivity contribution is -0.137. The van der Waals surface area contributed by atoms with Gasteiger partial charge in [0, 0.05) is 30.8 Å². The van der Waals surface area contributed by atoms with E-state index in [9.17, 15) is 18.0 Å². The Morgan fingerprint density at radius 3 is 2.66 bits per heavy atom. The number of fused-ring (bicyclic) bond motifs is 2. The van der Waals surface area contributed by atoms with Gasteiger partial charge in [0.1, 0.15) is 11.5 Å². The summed E-state index contributed by atoms with van der Waals surface area (Å²) < 4.78 is 42.0. The van der Waals surface area contributed by atoms with Crippen LogP contribution in [0.5, 0.6) is 0 Å². The minimum atomic E-state index is -4.42. The molecule has 0 unspecified atom stereocenters. The number of nitrogens with zero attached hydrogens (tertiary/aromatic N) is 5. The van der Waals surface area contributed by atoms with Crippen LogP contribution in [0.3, 0.4) is 0 Å². The molecule has 7 nitrogen and oxygen atoms in total. The van der Waals surface area contributed by atoms with Crippen molar-refractivity contribution in [3.05, 3.63) is 65.5 Å². The van der Waals surface area contributed by atoms with E-state index in [4.69, 9.17) is 0 Å². The van der Waals surface area contributed by atoms with Crippen molar-refractivity contribution < 1.29 is 18.0 Å². The molecule has 5 rings (SSSR count). The van der Waals surface area contributed by atoms with Crippen LogP contribution in [0, 0.1) is 0 Å². The van der Waals surface area contributed by atoms with E-state index in [0.717, 1.165) is 23.7 Å². The fourth-order valence-corrected chi connectivity index (χ4v) is 3.60. The molecule has 0 spiro atoms. The van der Waals surface area contributed by atoms with Gasteiger partial charge in [-0.2, -0.15) is 18.3 Å².